The molecule has 3 N–H and O–H groups in total. The minimum Gasteiger partial charge on any atom is -0.325 e. The van der Waals surface area contributed by atoms with E-state index < -0.39 is 0 Å². The average Bonchev–Trinajstić information content (AvgIpc) is 2.67. The normalized spacial score (nSPS) is 17.9. The molecule has 1 amide bonds. The van der Waals surface area contributed by atoms with Crippen LogP contribution in [0.1, 0.15) is 19.3 Å². The van der Waals surface area contributed by atoms with Gasteiger partial charge in [0.15, 0.2) is 0 Å². The Kier molecular flexibility index (Phi) is 1.99. The van der Waals surface area contributed by atoms with Gasteiger partial charge in [0.25, 0.3) is 0 Å². The van der Waals surface area contributed by atoms with E-state index >= 15 is 0 Å². The summed E-state index contributed by atoms with van der Waals surface area (Å²) >= 11 is 0. The van der Waals surface area contributed by atoms with Crippen molar-refractivity contribution in [3.05, 3.63) is 6.33 Å². The maximum absolute atomic E-state index is 11.4. The number of nitrogens with zero attached hydrogens (tertiary/aromatic N) is 3. The summed E-state index contributed by atoms with van der Waals surface area (Å²) in [5.74, 6) is 0.361. The molecule has 1 aliphatic rings. The van der Waals surface area contributed by atoms with Crippen molar-refractivity contribution in [2.45, 2.75) is 24.8 Å². The monoisotopic (exact) mass is 195 g/mol. The van der Waals surface area contributed by atoms with Crippen molar-refractivity contribution in [2.24, 2.45) is 12.8 Å². The Bertz CT molecular complexity index is 354. The lowest BCUT2D eigenvalue weighted by molar-refractivity contribution is -0.116. The van der Waals surface area contributed by atoms with E-state index in [0.717, 1.165) is 12.8 Å². The number of aryl methyl sites for hydroxylation is 1. The summed E-state index contributed by atoms with van der Waals surface area (Å²) in [6.45, 7) is 0. The molecule has 6 nitrogen and oxygen atoms in total. The largest absolute Gasteiger partial charge is 0.325 e. The number of rotatable bonds is 3. The van der Waals surface area contributed by atoms with E-state index in [1.54, 1.807) is 11.6 Å². The van der Waals surface area contributed by atoms with Crippen molar-refractivity contribution in [3.8, 4) is 0 Å². The molecule has 1 aliphatic carbocycles. The molecule has 0 spiro atoms. The number of hydrogen-bond acceptors (Lipinski definition) is 4. The van der Waals surface area contributed by atoms with E-state index in [9.17, 15) is 4.79 Å². The van der Waals surface area contributed by atoms with Crippen LogP contribution >= 0.6 is 0 Å². The Morgan fingerprint density at radius 2 is 2.50 bits per heavy atom. The summed E-state index contributed by atoms with van der Waals surface area (Å²) in [5, 5.41) is 10.1. The second kappa shape index (κ2) is 3.06. The van der Waals surface area contributed by atoms with Crippen molar-refractivity contribution in [1.82, 2.24) is 14.8 Å². The molecule has 2 rings (SSSR count). The van der Waals surface area contributed by atoms with Gasteiger partial charge in [-0.05, 0) is 12.8 Å². The Hall–Kier alpha value is -1.43. The van der Waals surface area contributed by atoms with Crippen LogP contribution in [0, 0.1) is 0 Å². The molecule has 0 bridgehead atoms. The minimum absolute atomic E-state index is 0.0962. The predicted octanol–water partition coefficient (Wildman–Crippen LogP) is -0.365. The second-order valence-electron chi connectivity index (χ2n) is 3.85. The fourth-order valence-electron chi connectivity index (χ4n) is 1.22. The topological polar surface area (TPSA) is 85.8 Å². The van der Waals surface area contributed by atoms with Gasteiger partial charge in [-0.15, -0.1) is 10.2 Å². The van der Waals surface area contributed by atoms with Crippen LogP contribution in [0.4, 0.5) is 5.95 Å². The summed E-state index contributed by atoms with van der Waals surface area (Å²) in [7, 11) is 1.77. The smallest absolute Gasteiger partial charge is 0.230 e. The van der Waals surface area contributed by atoms with E-state index in [4.69, 9.17) is 5.73 Å². The van der Waals surface area contributed by atoms with Crippen molar-refractivity contribution in [2.75, 3.05) is 5.32 Å². The zero-order valence-corrected chi connectivity index (χ0v) is 8.03. The van der Waals surface area contributed by atoms with Crippen LogP contribution in [-0.4, -0.2) is 26.2 Å². The molecule has 76 valence electrons. The standard InChI is InChI=1S/C8H13N5O/c1-13-5-10-12-7(13)11-6(14)4-8(9)2-3-8/h5H,2-4,9H2,1H3,(H,11,12,14). The number of carbonyl (C=O) groups excluding carboxylic acids is 1. The molecule has 0 radical (unpaired) electrons. The molecule has 1 saturated carbocycles. The van der Waals surface area contributed by atoms with Crippen LogP contribution in [0.3, 0.4) is 0 Å². The van der Waals surface area contributed by atoms with Gasteiger partial charge in [-0.1, -0.05) is 0 Å². The van der Waals surface area contributed by atoms with E-state index in [-0.39, 0.29) is 11.4 Å². The molecule has 1 heterocycles. The Balaban J connectivity index is 1.91. The molecular formula is C8H13N5O. The highest BCUT2D eigenvalue weighted by Crippen LogP contribution is 2.35. The van der Waals surface area contributed by atoms with Crippen molar-refractivity contribution < 1.29 is 4.79 Å². The van der Waals surface area contributed by atoms with Crippen LogP contribution < -0.4 is 11.1 Å². The Labute approximate surface area is 81.5 Å². The lowest BCUT2D eigenvalue weighted by Gasteiger charge is -2.07. The van der Waals surface area contributed by atoms with E-state index in [1.165, 1.54) is 6.33 Å². The molecule has 0 atom stereocenters. The van der Waals surface area contributed by atoms with Gasteiger partial charge in [-0.2, -0.15) is 0 Å². The fraction of sp³-hybridized carbons (Fsp3) is 0.625. The summed E-state index contributed by atoms with van der Waals surface area (Å²) in [5.41, 5.74) is 5.55. The van der Waals surface area contributed by atoms with Crippen LogP contribution in [0.5, 0.6) is 0 Å². The average molecular weight is 195 g/mol. The summed E-state index contributed by atoms with van der Waals surface area (Å²) in [6.07, 6.45) is 3.75. The zero-order valence-electron chi connectivity index (χ0n) is 8.03. The van der Waals surface area contributed by atoms with Gasteiger partial charge in [-0.25, -0.2) is 0 Å². The first kappa shape index (κ1) is 9.14. The third-order valence-electron chi connectivity index (χ3n) is 2.37. The second-order valence-corrected chi connectivity index (χ2v) is 3.85. The summed E-state index contributed by atoms with van der Waals surface area (Å²) < 4.78 is 1.65. The quantitative estimate of drug-likeness (QED) is 0.689. The zero-order chi connectivity index (χ0) is 10.2. The van der Waals surface area contributed by atoms with Crippen LogP contribution in [-0.2, 0) is 11.8 Å². The third-order valence-corrected chi connectivity index (χ3v) is 2.37. The van der Waals surface area contributed by atoms with Crippen molar-refractivity contribution >= 4 is 11.9 Å². The number of amides is 1. The van der Waals surface area contributed by atoms with Gasteiger partial charge in [0.05, 0.1) is 0 Å². The van der Waals surface area contributed by atoms with Gasteiger partial charge >= 0.3 is 0 Å². The molecule has 0 aromatic carbocycles. The molecule has 1 aromatic heterocycles. The molecule has 6 heteroatoms. The van der Waals surface area contributed by atoms with E-state index in [0.29, 0.717) is 12.4 Å². The first-order valence-corrected chi connectivity index (χ1v) is 4.52. The van der Waals surface area contributed by atoms with Gasteiger partial charge in [0.1, 0.15) is 6.33 Å². The first-order chi connectivity index (χ1) is 6.59. The van der Waals surface area contributed by atoms with Gasteiger partial charge in [-0.3, -0.25) is 10.1 Å². The Morgan fingerprint density at radius 1 is 1.79 bits per heavy atom. The number of nitrogens with one attached hydrogen (secondary N) is 1. The van der Waals surface area contributed by atoms with Crippen molar-refractivity contribution in [1.29, 1.82) is 0 Å². The highest BCUT2D eigenvalue weighted by Gasteiger charge is 2.40. The Morgan fingerprint density at radius 3 is 3.00 bits per heavy atom. The molecule has 0 saturated heterocycles. The lowest BCUT2D eigenvalue weighted by atomic mass is 10.2. The van der Waals surface area contributed by atoms with E-state index in [1.807, 2.05) is 0 Å². The fourth-order valence-corrected chi connectivity index (χ4v) is 1.22. The number of hydrogen-bond donors (Lipinski definition) is 2. The van der Waals surface area contributed by atoms with E-state index in [2.05, 4.69) is 15.5 Å². The first-order valence-electron chi connectivity index (χ1n) is 4.52. The highest BCUT2D eigenvalue weighted by atomic mass is 16.1. The van der Waals surface area contributed by atoms with Gasteiger partial charge in [0.2, 0.25) is 11.9 Å². The maximum atomic E-state index is 11.4. The maximum Gasteiger partial charge on any atom is 0.230 e. The summed E-state index contributed by atoms with van der Waals surface area (Å²) in [6, 6.07) is 0. The molecule has 1 aromatic rings. The highest BCUT2D eigenvalue weighted by molar-refractivity contribution is 5.90. The van der Waals surface area contributed by atoms with Gasteiger partial charge in [0, 0.05) is 19.0 Å². The molecule has 0 aliphatic heterocycles. The molecule has 0 unspecified atom stereocenters. The van der Waals surface area contributed by atoms with Crippen LogP contribution in [0.15, 0.2) is 6.33 Å². The number of nitrogens with two attached hydrogens (primary N) is 1. The van der Waals surface area contributed by atoms with Gasteiger partial charge < -0.3 is 10.3 Å². The lowest BCUT2D eigenvalue weighted by Crippen LogP contribution is -2.29. The molecular weight excluding hydrogens is 182 g/mol. The van der Waals surface area contributed by atoms with Crippen LogP contribution in [0.25, 0.3) is 0 Å². The molecule has 1 fully saturated rings. The molecule has 14 heavy (non-hydrogen) atoms. The summed E-state index contributed by atoms with van der Waals surface area (Å²) in [4.78, 5) is 11.4. The number of anilines is 1. The minimum atomic E-state index is -0.261. The predicted molar refractivity (Wildman–Crippen MR) is 50.4 cm³/mol. The number of carbonyl (C=O) groups is 1. The van der Waals surface area contributed by atoms with Crippen LogP contribution in [0.2, 0.25) is 0 Å². The van der Waals surface area contributed by atoms with Crippen molar-refractivity contribution in [3.63, 3.8) is 0 Å². The third kappa shape index (κ3) is 1.90. The SMILES string of the molecule is Cn1cnnc1NC(=O)CC1(N)CC1. The number of aromatic nitrogens is 3.